The molecule has 1 fully saturated rings. The smallest absolute Gasteiger partial charge is 0.256 e. The van der Waals surface area contributed by atoms with E-state index in [4.69, 9.17) is 17.0 Å². The van der Waals surface area contributed by atoms with Gasteiger partial charge in [0, 0.05) is 24.6 Å². The molecule has 2 heterocycles. The fourth-order valence-corrected chi connectivity index (χ4v) is 4.08. The van der Waals surface area contributed by atoms with Gasteiger partial charge in [-0.1, -0.05) is 17.7 Å². The lowest BCUT2D eigenvalue weighted by atomic mass is 10.1. The van der Waals surface area contributed by atoms with Crippen LogP contribution in [0.25, 0.3) is 0 Å². The first-order valence-electron chi connectivity index (χ1n) is 10.5. The maximum atomic E-state index is 13.5. The zero-order valence-electron chi connectivity index (χ0n) is 18.4. The molecule has 1 saturated heterocycles. The third kappa shape index (κ3) is 5.01. The molecule has 2 amide bonds. The van der Waals surface area contributed by atoms with Gasteiger partial charge in [0.1, 0.15) is 11.8 Å². The summed E-state index contributed by atoms with van der Waals surface area (Å²) in [5.41, 5.74) is 3.36. The summed E-state index contributed by atoms with van der Waals surface area (Å²) in [7, 11) is 1.58. The second kappa shape index (κ2) is 9.79. The number of carbonyl (C=O) groups is 2. The molecule has 1 atom stereocenters. The number of pyridine rings is 1. The quantitative estimate of drug-likeness (QED) is 0.539. The number of methoxy groups -OCH3 is 1. The van der Waals surface area contributed by atoms with Crippen LogP contribution >= 0.6 is 12.2 Å². The zero-order valence-corrected chi connectivity index (χ0v) is 19.2. The van der Waals surface area contributed by atoms with Gasteiger partial charge in [-0.25, -0.2) is 0 Å². The highest BCUT2D eigenvalue weighted by Crippen LogP contribution is 2.30. The van der Waals surface area contributed by atoms with Crippen molar-refractivity contribution in [2.45, 2.75) is 25.9 Å². The van der Waals surface area contributed by atoms with Crippen LogP contribution in [0, 0.1) is 6.92 Å². The average molecular weight is 461 g/mol. The van der Waals surface area contributed by atoms with Gasteiger partial charge in [0.05, 0.1) is 19.2 Å². The van der Waals surface area contributed by atoms with Gasteiger partial charge in [-0.15, -0.1) is 0 Å². The van der Waals surface area contributed by atoms with Crippen molar-refractivity contribution in [3.8, 4) is 5.75 Å². The van der Waals surface area contributed by atoms with Gasteiger partial charge in [-0.3, -0.25) is 19.5 Å². The summed E-state index contributed by atoms with van der Waals surface area (Å²) in [6.07, 6.45) is 3.36. The molecule has 0 saturated carbocycles. The molecular weight excluding hydrogens is 436 g/mol. The summed E-state index contributed by atoms with van der Waals surface area (Å²) in [5.74, 6) is 0.188. The van der Waals surface area contributed by atoms with Crippen LogP contribution in [-0.2, 0) is 16.1 Å². The molecule has 2 aromatic carbocycles. The Balaban J connectivity index is 1.59. The number of rotatable bonds is 7. The zero-order chi connectivity index (χ0) is 23.4. The first kappa shape index (κ1) is 22.4. The Morgan fingerprint density at radius 2 is 1.73 bits per heavy atom. The van der Waals surface area contributed by atoms with E-state index in [1.807, 2.05) is 43.3 Å². The second-order valence-electron chi connectivity index (χ2n) is 7.77. The van der Waals surface area contributed by atoms with Crippen LogP contribution in [0.4, 0.5) is 11.4 Å². The van der Waals surface area contributed by atoms with Gasteiger partial charge in [0.2, 0.25) is 5.91 Å². The minimum Gasteiger partial charge on any atom is -0.497 e. The highest BCUT2D eigenvalue weighted by Gasteiger charge is 2.44. The van der Waals surface area contributed by atoms with E-state index in [0.29, 0.717) is 28.8 Å². The first-order chi connectivity index (χ1) is 16.0. The highest BCUT2D eigenvalue weighted by atomic mass is 32.1. The third-order valence-corrected chi connectivity index (χ3v) is 5.88. The van der Waals surface area contributed by atoms with Crippen molar-refractivity contribution < 1.29 is 14.3 Å². The van der Waals surface area contributed by atoms with Crippen molar-refractivity contribution in [1.29, 1.82) is 0 Å². The van der Waals surface area contributed by atoms with E-state index in [1.165, 1.54) is 4.90 Å². The lowest BCUT2D eigenvalue weighted by Gasteiger charge is -2.24. The molecule has 0 radical (unpaired) electrons. The molecule has 0 spiro atoms. The van der Waals surface area contributed by atoms with E-state index < -0.39 is 6.04 Å². The molecule has 33 heavy (non-hydrogen) atoms. The van der Waals surface area contributed by atoms with Gasteiger partial charge in [-0.05, 0) is 73.2 Å². The molecule has 7 nitrogen and oxygen atoms in total. The Morgan fingerprint density at radius 3 is 2.36 bits per heavy atom. The number of anilines is 2. The summed E-state index contributed by atoms with van der Waals surface area (Å²) in [6, 6.07) is 17.6. The number of nitrogens with zero attached hydrogens (tertiary/aromatic N) is 3. The van der Waals surface area contributed by atoms with E-state index in [0.717, 1.165) is 11.1 Å². The van der Waals surface area contributed by atoms with Crippen LogP contribution in [0.15, 0.2) is 73.1 Å². The number of amides is 2. The van der Waals surface area contributed by atoms with Crippen molar-refractivity contribution in [2.75, 3.05) is 17.3 Å². The van der Waals surface area contributed by atoms with E-state index in [2.05, 4.69) is 10.3 Å². The summed E-state index contributed by atoms with van der Waals surface area (Å²) in [4.78, 5) is 33.7. The van der Waals surface area contributed by atoms with Gasteiger partial charge in [0.15, 0.2) is 5.11 Å². The molecule has 3 aromatic rings. The van der Waals surface area contributed by atoms with Crippen molar-refractivity contribution in [1.82, 2.24) is 9.88 Å². The maximum absolute atomic E-state index is 13.5. The van der Waals surface area contributed by atoms with Crippen molar-refractivity contribution in [3.63, 3.8) is 0 Å². The number of aryl methyl sites for hydroxylation is 1. The summed E-state index contributed by atoms with van der Waals surface area (Å²) in [5, 5.41) is 3.24. The van der Waals surface area contributed by atoms with Crippen LogP contribution in [0.5, 0.6) is 5.75 Å². The standard InChI is InChI=1S/C25H24N4O3S/c1-17-3-5-19(6-4-17)27-23(30)15-22-24(31)29(20-7-9-21(32-2)10-8-20)25(33)28(22)16-18-11-13-26-14-12-18/h3-14,22H,15-16H2,1-2H3,(H,27,30)/t22-/m0/s1. The van der Waals surface area contributed by atoms with Crippen molar-refractivity contribution in [3.05, 3.63) is 84.2 Å². The number of thiocarbonyl (C=S) groups is 1. The summed E-state index contributed by atoms with van der Waals surface area (Å²) in [6.45, 7) is 2.37. The van der Waals surface area contributed by atoms with E-state index in [-0.39, 0.29) is 18.2 Å². The fourth-order valence-electron chi connectivity index (χ4n) is 3.69. The van der Waals surface area contributed by atoms with Crippen LogP contribution < -0.4 is 15.0 Å². The molecule has 4 rings (SSSR count). The average Bonchev–Trinajstić information content (AvgIpc) is 3.05. The Bertz CT molecular complexity index is 1150. The number of ether oxygens (including phenoxy) is 1. The number of nitrogens with one attached hydrogen (secondary N) is 1. The SMILES string of the molecule is COc1ccc(N2C(=O)[C@H](CC(=O)Nc3ccc(C)cc3)N(Cc3ccncc3)C2=S)cc1. The van der Waals surface area contributed by atoms with Crippen molar-refractivity contribution in [2.24, 2.45) is 0 Å². The van der Waals surface area contributed by atoms with Crippen LogP contribution in [0.1, 0.15) is 17.5 Å². The number of aromatic nitrogens is 1. The van der Waals surface area contributed by atoms with E-state index >= 15 is 0 Å². The molecule has 8 heteroatoms. The molecular formula is C25H24N4O3S. The highest BCUT2D eigenvalue weighted by molar-refractivity contribution is 7.80. The Hall–Kier alpha value is -3.78. The minimum absolute atomic E-state index is 0.0232. The van der Waals surface area contributed by atoms with Crippen LogP contribution in [-0.4, -0.2) is 40.0 Å². The van der Waals surface area contributed by atoms with Crippen LogP contribution in [0.2, 0.25) is 0 Å². The number of benzene rings is 2. The predicted molar refractivity (Wildman–Crippen MR) is 131 cm³/mol. The topological polar surface area (TPSA) is 74.8 Å². The molecule has 0 bridgehead atoms. The Morgan fingerprint density at radius 1 is 1.06 bits per heavy atom. The Labute approximate surface area is 198 Å². The lowest BCUT2D eigenvalue weighted by molar-refractivity contribution is -0.124. The normalized spacial score (nSPS) is 15.6. The number of hydrogen-bond donors (Lipinski definition) is 1. The monoisotopic (exact) mass is 460 g/mol. The lowest BCUT2D eigenvalue weighted by Crippen LogP contribution is -2.37. The van der Waals surface area contributed by atoms with E-state index in [9.17, 15) is 9.59 Å². The van der Waals surface area contributed by atoms with Gasteiger partial charge in [0.25, 0.3) is 5.91 Å². The number of hydrogen-bond acceptors (Lipinski definition) is 5. The molecule has 1 aromatic heterocycles. The molecule has 1 N–H and O–H groups in total. The second-order valence-corrected chi connectivity index (χ2v) is 8.14. The van der Waals surface area contributed by atoms with Gasteiger partial charge < -0.3 is 15.0 Å². The summed E-state index contributed by atoms with van der Waals surface area (Å²) < 4.78 is 5.22. The molecule has 1 aliphatic heterocycles. The van der Waals surface area contributed by atoms with Crippen molar-refractivity contribution >= 4 is 40.5 Å². The fraction of sp³-hybridized carbons (Fsp3) is 0.200. The van der Waals surface area contributed by atoms with E-state index in [1.54, 1.807) is 48.7 Å². The Kier molecular flexibility index (Phi) is 6.65. The molecule has 0 unspecified atom stereocenters. The maximum Gasteiger partial charge on any atom is 0.256 e. The number of carbonyl (C=O) groups excluding carboxylic acids is 2. The third-order valence-electron chi connectivity index (χ3n) is 5.47. The summed E-state index contributed by atoms with van der Waals surface area (Å²) >= 11 is 5.71. The molecule has 0 aliphatic carbocycles. The minimum atomic E-state index is -0.724. The van der Waals surface area contributed by atoms with Gasteiger partial charge >= 0.3 is 0 Å². The molecule has 168 valence electrons. The predicted octanol–water partition coefficient (Wildman–Crippen LogP) is 3.93. The largest absolute Gasteiger partial charge is 0.497 e. The molecule has 1 aliphatic rings. The first-order valence-corrected chi connectivity index (χ1v) is 10.9. The van der Waals surface area contributed by atoms with Gasteiger partial charge in [-0.2, -0.15) is 0 Å². The van der Waals surface area contributed by atoms with Crippen LogP contribution in [0.3, 0.4) is 0 Å².